The Morgan fingerprint density at radius 3 is 2.57 bits per heavy atom. The van der Waals surface area contributed by atoms with E-state index >= 15 is 0 Å². The number of nitrogens with zero attached hydrogens (tertiary/aromatic N) is 7. The number of aromatic nitrogens is 4. The zero-order valence-electron chi connectivity index (χ0n) is 31.1. The fourth-order valence-corrected chi connectivity index (χ4v) is 9.52. The van der Waals surface area contributed by atoms with Crippen molar-refractivity contribution in [2.45, 2.75) is 89.8 Å². The quantitative estimate of drug-likeness (QED) is 0.232. The first-order valence-electron chi connectivity index (χ1n) is 19.3. The molecule has 1 aromatic carbocycles. The number of imidazole rings is 1. The maximum absolute atomic E-state index is 14.9. The molecular weight excluding hydrogens is 672 g/mol. The van der Waals surface area contributed by atoms with Crippen LogP contribution < -0.4 is 10.2 Å². The lowest BCUT2D eigenvalue weighted by atomic mass is 9.73. The van der Waals surface area contributed by atoms with E-state index in [4.69, 9.17) is 14.7 Å². The molecule has 12 heteroatoms. The number of hydrogen-bond donors (Lipinski definition) is 1. The number of anilines is 3. The van der Waals surface area contributed by atoms with Crippen LogP contribution in [0.2, 0.25) is 0 Å². The Hall–Kier alpha value is -4.42. The number of fused-ring (bicyclic) bond motifs is 3. The normalized spacial score (nSPS) is 25.1. The minimum absolute atomic E-state index is 0.0802. The molecule has 1 atom stereocenters. The highest BCUT2D eigenvalue weighted by Gasteiger charge is 2.56. The SMILES string of the molecule is CC(C)n1cnc2cc(-c3ccc4c(c3)N([C@H]3C[C@@H](N5CCC(C)(C)C5)C3)C(=O)C43CCN(C(=O)[C@H]4CCOC4)CC3)nc(Nc3ccncc3F)c21. The van der Waals surface area contributed by atoms with Gasteiger partial charge in [0.25, 0.3) is 0 Å². The predicted octanol–water partition coefficient (Wildman–Crippen LogP) is 6.46. The van der Waals surface area contributed by atoms with Crippen molar-refractivity contribution in [3.8, 4) is 11.3 Å². The van der Waals surface area contributed by atoms with Crippen molar-refractivity contribution in [1.82, 2.24) is 29.3 Å². The zero-order chi connectivity index (χ0) is 36.6. The second-order valence-corrected chi connectivity index (χ2v) is 17.0. The van der Waals surface area contributed by atoms with Gasteiger partial charge in [-0.05, 0) is 88.1 Å². The Balaban J connectivity index is 1.08. The second-order valence-electron chi connectivity index (χ2n) is 17.0. The highest BCUT2D eigenvalue weighted by Crippen LogP contribution is 2.52. The maximum Gasteiger partial charge on any atom is 0.238 e. The van der Waals surface area contributed by atoms with Crippen LogP contribution in [0.4, 0.5) is 21.6 Å². The van der Waals surface area contributed by atoms with Gasteiger partial charge < -0.3 is 24.4 Å². The monoisotopic (exact) mass is 720 g/mol. The Morgan fingerprint density at radius 1 is 1.06 bits per heavy atom. The number of rotatable bonds is 7. The van der Waals surface area contributed by atoms with Crippen molar-refractivity contribution >= 4 is 40.0 Å². The van der Waals surface area contributed by atoms with Crippen molar-refractivity contribution < 1.29 is 18.7 Å². The molecule has 3 aromatic heterocycles. The molecule has 0 radical (unpaired) electrons. The van der Waals surface area contributed by atoms with Gasteiger partial charge in [-0.25, -0.2) is 14.4 Å². The molecule has 0 unspecified atom stereocenters. The van der Waals surface area contributed by atoms with E-state index in [2.05, 4.69) is 66.0 Å². The number of halogens is 1. The molecule has 3 saturated heterocycles. The van der Waals surface area contributed by atoms with E-state index in [1.165, 1.54) is 12.6 Å². The lowest BCUT2D eigenvalue weighted by molar-refractivity contribution is -0.139. The molecule has 1 spiro atoms. The van der Waals surface area contributed by atoms with Gasteiger partial charge in [0.1, 0.15) is 5.52 Å². The third kappa shape index (κ3) is 5.80. The molecule has 4 aliphatic heterocycles. The van der Waals surface area contributed by atoms with Crippen molar-refractivity contribution in [3.05, 3.63) is 60.4 Å². The number of benzene rings is 1. The molecule has 1 N–H and O–H groups in total. The predicted molar refractivity (Wildman–Crippen MR) is 202 cm³/mol. The minimum atomic E-state index is -0.670. The van der Waals surface area contributed by atoms with Crippen LogP contribution in [-0.4, -0.2) is 92.6 Å². The summed E-state index contributed by atoms with van der Waals surface area (Å²) in [5.74, 6) is 0.270. The molecule has 278 valence electrons. The number of carbonyl (C=O) groups excluding carboxylic acids is 2. The van der Waals surface area contributed by atoms with Crippen molar-refractivity contribution in [1.29, 1.82) is 0 Å². The summed E-state index contributed by atoms with van der Waals surface area (Å²) >= 11 is 0. The van der Waals surface area contributed by atoms with Gasteiger partial charge in [0.2, 0.25) is 11.8 Å². The van der Waals surface area contributed by atoms with Gasteiger partial charge in [0, 0.05) is 61.8 Å². The van der Waals surface area contributed by atoms with Gasteiger partial charge in [-0.2, -0.15) is 0 Å². The molecule has 7 heterocycles. The van der Waals surface area contributed by atoms with Crippen LogP contribution in [0.5, 0.6) is 0 Å². The lowest BCUT2D eigenvalue weighted by Gasteiger charge is -2.46. The van der Waals surface area contributed by atoms with E-state index in [1.54, 1.807) is 18.6 Å². The number of amides is 2. The molecule has 53 heavy (non-hydrogen) atoms. The van der Waals surface area contributed by atoms with Gasteiger partial charge in [-0.15, -0.1) is 0 Å². The Kier molecular flexibility index (Phi) is 8.34. The van der Waals surface area contributed by atoms with E-state index in [0.29, 0.717) is 62.1 Å². The third-order valence-corrected chi connectivity index (χ3v) is 12.7. The number of hydrogen-bond acceptors (Lipinski definition) is 8. The topological polar surface area (TPSA) is 109 Å². The Morgan fingerprint density at radius 2 is 1.87 bits per heavy atom. The standard InChI is InChI=1S/C41H49FN8O3/c1-25(2)49-24-44-34-20-33(46-37(36(34)49)45-32-7-12-43-21-31(32)42)26-5-6-30-35(17-26)50(29-18-28(19-29)48-13-9-40(3,4)23-48)39(52)41(30)10-14-47(15-11-41)38(51)27-8-16-53-22-27/h5-7,12,17,20-21,24-25,27-29H,8-11,13-16,18-19,22-23H2,1-4H3,(H,43,45,46)/t27-,28-,29+/m0/s1. The van der Waals surface area contributed by atoms with E-state index in [0.717, 1.165) is 60.2 Å². The van der Waals surface area contributed by atoms with Gasteiger partial charge in [-0.1, -0.05) is 26.0 Å². The Bertz CT molecular complexity index is 2080. The molecule has 2 amide bonds. The third-order valence-electron chi connectivity index (χ3n) is 12.7. The van der Waals surface area contributed by atoms with Crippen LogP contribution in [0.1, 0.15) is 77.8 Å². The smallest absolute Gasteiger partial charge is 0.238 e. The van der Waals surface area contributed by atoms with Crippen LogP contribution in [0.3, 0.4) is 0 Å². The number of piperidine rings is 1. The van der Waals surface area contributed by atoms with Crippen LogP contribution in [0.25, 0.3) is 22.3 Å². The number of carbonyl (C=O) groups is 2. The van der Waals surface area contributed by atoms with Crippen LogP contribution >= 0.6 is 0 Å². The molecule has 1 aliphatic carbocycles. The molecule has 0 bridgehead atoms. The molecule has 11 nitrogen and oxygen atoms in total. The molecule has 9 rings (SSSR count). The first kappa shape index (κ1) is 34.4. The largest absolute Gasteiger partial charge is 0.381 e. The van der Waals surface area contributed by atoms with Crippen molar-refractivity contribution in [2.75, 3.05) is 49.6 Å². The van der Waals surface area contributed by atoms with E-state index in [9.17, 15) is 14.0 Å². The first-order chi connectivity index (χ1) is 25.5. The average molecular weight is 721 g/mol. The number of pyridine rings is 2. The summed E-state index contributed by atoms with van der Waals surface area (Å²) in [4.78, 5) is 48.7. The Labute approximate surface area is 309 Å². The maximum atomic E-state index is 14.9. The number of ether oxygens (including phenoxy) is 1. The fourth-order valence-electron chi connectivity index (χ4n) is 9.52. The van der Waals surface area contributed by atoms with Crippen LogP contribution in [0.15, 0.2) is 49.1 Å². The second kappa shape index (κ2) is 12.9. The summed E-state index contributed by atoms with van der Waals surface area (Å²) in [6.07, 6.45) is 9.62. The van der Waals surface area contributed by atoms with Crippen molar-refractivity contribution in [3.63, 3.8) is 0 Å². The van der Waals surface area contributed by atoms with Gasteiger partial charge in [-0.3, -0.25) is 19.5 Å². The lowest BCUT2D eigenvalue weighted by Crippen LogP contribution is -2.58. The summed E-state index contributed by atoms with van der Waals surface area (Å²) in [5.41, 5.74) is 5.01. The highest BCUT2D eigenvalue weighted by molar-refractivity contribution is 6.09. The summed E-state index contributed by atoms with van der Waals surface area (Å²) < 4.78 is 22.4. The van der Waals surface area contributed by atoms with Crippen LogP contribution in [-0.2, 0) is 19.7 Å². The average Bonchev–Trinajstić information content (AvgIpc) is 3.93. The van der Waals surface area contributed by atoms with Gasteiger partial charge in [0.15, 0.2) is 11.6 Å². The molecule has 4 aromatic rings. The van der Waals surface area contributed by atoms with E-state index in [-0.39, 0.29) is 35.5 Å². The summed E-state index contributed by atoms with van der Waals surface area (Å²) in [6.45, 7) is 13.3. The molecular formula is C41H49FN8O3. The minimum Gasteiger partial charge on any atom is -0.381 e. The molecule has 4 fully saturated rings. The van der Waals surface area contributed by atoms with Crippen LogP contribution in [0, 0.1) is 17.2 Å². The van der Waals surface area contributed by atoms with Gasteiger partial charge in [0.05, 0.1) is 47.4 Å². The van der Waals surface area contributed by atoms with Crippen molar-refractivity contribution in [2.24, 2.45) is 11.3 Å². The summed E-state index contributed by atoms with van der Waals surface area (Å²) in [5, 5.41) is 3.23. The van der Waals surface area contributed by atoms with E-state index < -0.39 is 11.2 Å². The zero-order valence-corrected chi connectivity index (χ0v) is 31.1. The summed E-state index contributed by atoms with van der Waals surface area (Å²) in [6, 6.07) is 10.6. The first-order valence-corrected chi connectivity index (χ1v) is 19.3. The van der Waals surface area contributed by atoms with E-state index in [1.807, 2.05) is 15.5 Å². The number of nitrogens with one attached hydrogen (secondary N) is 1. The highest BCUT2D eigenvalue weighted by atomic mass is 19.1. The fraction of sp³-hybridized carbons (Fsp3) is 0.537. The summed E-state index contributed by atoms with van der Waals surface area (Å²) in [7, 11) is 0. The number of likely N-dealkylation sites (tertiary alicyclic amines) is 2. The van der Waals surface area contributed by atoms with Gasteiger partial charge >= 0.3 is 0 Å². The molecule has 1 saturated carbocycles. The molecule has 5 aliphatic rings.